The molecule has 0 heterocycles. The van der Waals surface area contributed by atoms with Gasteiger partial charge in [0.1, 0.15) is 0 Å². The molecule has 0 aromatic heterocycles. The smallest absolute Gasteiger partial charge is 0.0587 e. The first kappa shape index (κ1) is 12.0. The van der Waals surface area contributed by atoms with E-state index in [4.69, 9.17) is 0 Å². The van der Waals surface area contributed by atoms with Crippen LogP contribution in [0.2, 0.25) is 0 Å². The summed E-state index contributed by atoms with van der Waals surface area (Å²) >= 11 is 0. The van der Waals surface area contributed by atoms with E-state index >= 15 is 0 Å². The van der Waals surface area contributed by atoms with Crippen LogP contribution in [0.25, 0.3) is 0 Å². The predicted molar refractivity (Wildman–Crippen MR) is 60.3 cm³/mol. The van der Waals surface area contributed by atoms with E-state index in [9.17, 15) is 5.11 Å². The summed E-state index contributed by atoms with van der Waals surface area (Å²) in [6.07, 6.45) is 3.89. The van der Waals surface area contributed by atoms with Crippen LogP contribution in [-0.4, -0.2) is 23.8 Å². The lowest BCUT2D eigenvalue weighted by atomic mass is 9.86. The summed E-state index contributed by atoms with van der Waals surface area (Å²) in [6.45, 7) is 9.23. The van der Waals surface area contributed by atoms with Crippen molar-refractivity contribution in [2.45, 2.75) is 59.0 Å². The van der Waals surface area contributed by atoms with E-state index in [1.807, 2.05) is 0 Å². The maximum absolute atomic E-state index is 9.26. The Kier molecular flexibility index (Phi) is 3.96. The Balaban J connectivity index is 2.50. The lowest BCUT2D eigenvalue weighted by Gasteiger charge is -2.33. The average Bonchev–Trinajstić information content (AvgIpc) is 2.40. The lowest BCUT2D eigenvalue weighted by molar-refractivity contribution is 0.170. The van der Waals surface area contributed by atoms with Crippen LogP contribution in [0.3, 0.4) is 0 Å². The van der Waals surface area contributed by atoms with E-state index in [0.717, 1.165) is 0 Å². The highest BCUT2D eigenvalue weighted by atomic mass is 16.3. The average molecular weight is 199 g/mol. The third-order valence-electron chi connectivity index (χ3n) is 3.67. The third-order valence-corrected chi connectivity index (χ3v) is 3.67. The molecule has 0 aromatic carbocycles. The van der Waals surface area contributed by atoms with Gasteiger partial charge in [0.15, 0.2) is 0 Å². The molecule has 1 aliphatic carbocycles. The minimum absolute atomic E-state index is 0.254. The Morgan fingerprint density at radius 2 is 2.07 bits per heavy atom. The summed E-state index contributed by atoms with van der Waals surface area (Å²) in [6, 6.07) is 0.847. The number of nitrogens with one attached hydrogen (secondary N) is 1. The van der Waals surface area contributed by atoms with Crippen molar-refractivity contribution in [3.8, 4) is 0 Å². The van der Waals surface area contributed by atoms with Gasteiger partial charge in [-0.1, -0.05) is 34.1 Å². The molecule has 1 saturated carbocycles. The molecule has 0 radical (unpaired) electrons. The van der Waals surface area contributed by atoms with Gasteiger partial charge < -0.3 is 10.4 Å². The van der Waals surface area contributed by atoms with E-state index in [0.29, 0.717) is 17.4 Å². The Hall–Kier alpha value is -0.0800. The summed E-state index contributed by atoms with van der Waals surface area (Å²) in [7, 11) is 0. The molecule has 2 N–H and O–H groups in total. The zero-order valence-electron chi connectivity index (χ0n) is 10.0. The number of aliphatic hydroxyl groups excluding tert-OH is 1. The van der Waals surface area contributed by atoms with Gasteiger partial charge in [0.2, 0.25) is 0 Å². The summed E-state index contributed by atoms with van der Waals surface area (Å²) in [4.78, 5) is 0. The van der Waals surface area contributed by atoms with E-state index < -0.39 is 0 Å². The first-order chi connectivity index (χ1) is 6.47. The standard InChI is InChI=1S/C12H25NO/c1-9(2)10(8-14)13-11-6-5-7-12(11,3)4/h9-11,13-14H,5-8H2,1-4H3. The quantitative estimate of drug-likeness (QED) is 0.727. The molecule has 0 aromatic rings. The van der Waals surface area contributed by atoms with Gasteiger partial charge in [-0.2, -0.15) is 0 Å². The Morgan fingerprint density at radius 3 is 2.43 bits per heavy atom. The van der Waals surface area contributed by atoms with Crippen molar-refractivity contribution >= 4 is 0 Å². The van der Waals surface area contributed by atoms with Crippen LogP contribution < -0.4 is 5.32 Å². The van der Waals surface area contributed by atoms with Crippen LogP contribution in [0.1, 0.15) is 47.0 Å². The summed E-state index contributed by atoms with van der Waals surface area (Å²) in [5, 5.41) is 12.9. The summed E-state index contributed by atoms with van der Waals surface area (Å²) in [5.74, 6) is 0.511. The van der Waals surface area contributed by atoms with Crippen molar-refractivity contribution in [2.24, 2.45) is 11.3 Å². The SMILES string of the molecule is CC(C)C(CO)NC1CCCC1(C)C. The monoisotopic (exact) mass is 199 g/mol. The first-order valence-electron chi connectivity index (χ1n) is 5.84. The van der Waals surface area contributed by atoms with Crippen molar-refractivity contribution in [3.63, 3.8) is 0 Å². The molecule has 0 bridgehead atoms. The number of hydrogen-bond donors (Lipinski definition) is 2. The van der Waals surface area contributed by atoms with E-state index in [2.05, 4.69) is 33.0 Å². The van der Waals surface area contributed by atoms with Crippen molar-refractivity contribution < 1.29 is 5.11 Å². The minimum Gasteiger partial charge on any atom is -0.395 e. The van der Waals surface area contributed by atoms with Crippen molar-refractivity contribution in [3.05, 3.63) is 0 Å². The number of rotatable bonds is 4. The maximum Gasteiger partial charge on any atom is 0.0587 e. The third kappa shape index (κ3) is 2.71. The molecular weight excluding hydrogens is 174 g/mol. The minimum atomic E-state index is 0.254. The second kappa shape index (κ2) is 4.63. The van der Waals surface area contributed by atoms with Crippen LogP contribution >= 0.6 is 0 Å². The molecule has 1 fully saturated rings. The molecule has 0 aliphatic heterocycles. The van der Waals surface area contributed by atoms with Crippen LogP contribution in [0.5, 0.6) is 0 Å². The molecule has 0 amide bonds. The van der Waals surface area contributed by atoms with Gasteiger partial charge in [0.25, 0.3) is 0 Å². The molecule has 14 heavy (non-hydrogen) atoms. The molecule has 2 nitrogen and oxygen atoms in total. The van der Waals surface area contributed by atoms with Gasteiger partial charge in [0.05, 0.1) is 6.61 Å². The van der Waals surface area contributed by atoms with Crippen molar-refractivity contribution in [1.82, 2.24) is 5.32 Å². The molecule has 1 aliphatic rings. The molecule has 0 saturated heterocycles. The molecule has 2 heteroatoms. The molecule has 2 atom stereocenters. The van der Waals surface area contributed by atoms with Gasteiger partial charge in [-0.25, -0.2) is 0 Å². The van der Waals surface area contributed by atoms with Gasteiger partial charge in [-0.15, -0.1) is 0 Å². The van der Waals surface area contributed by atoms with Gasteiger partial charge in [-0.05, 0) is 24.2 Å². The highest BCUT2D eigenvalue weighted by molar-refractivity contribution is 4.92. The highest BCUT2D eigenvalue weighted by Crippen LogP contribution is 2.37. The Bertz CT molecular complexity index is 177. The summed E-state index contributed by atoms with van der Waals surface area (Å²) < 4.78 is 0. The van der Waals surface area contributed by atoms with Gasteiger partial charge in [0, 0.05) is 12.1 Å². The molecular formula is C12H25NO. The molecule has 84 valence electrons. The van der Waals surface area contributed by atoms with Gasteiger partial charge >= 0.3 is 0 Å². The fourth-order valence-electron chi connectivity index (χ4n) is 2.35. The molecule has 0 spiro atoms. The zero-order chi connectivity index (χ0) is 10.8. The van der Waals surface area contributed by atoms with E-state index in [-0.39, 0.29) is 12.6 Å². The molecule has 1 rings (SSSR count). The first-order valence-corrected chi connectivity index (χ1v) is 5.84. The number of aliphatic hydroxyl groups is 1. The second-order valence-electron chi connectivity index (χ2n) is 5.63. The van der Waals surface area contributed by atoms with Crippen LogP contribution in [0, 0.1) is 11.3 Å². The maximum atomic E-state index is 9.26. The molecule has 2 unspecified atom stereocenters. The highest BCUT2D eigenvalue weighted by Gasteiger charge is 2.35. The fraction of sp³-hybridized carbons (Fsp3) is 1.00. The summed E-state index contributed by atoms with van der Waals surface area (Å²) in [5.41, 5.74) is 0.405. The normalized spacial score (nSPS) is 28.3. The Morgan fingerprint density at radius 1 is 1.43 bits per heavy atom. The van der Waals surface area contributed by atoms with Crippen LogP contribution in [0.15, 0.2) is 0 Å². The van der Waals surface area contributed by atoms with Crippen molar-refractivity contribution in [2.75, 3.05) is 6.61 Å². The zero-order valence-corrected chi connectivity index (χ0v) is 10.0. The number of hydrogen-bond acceptors (Lipinski definition) is 2. The predicted octanol–water partition coefficient (Wildman–Crippen LogP) is 2.17. The van der Waals surface area contributed by atoms with E-state index in [1.165, 1.54) is 19.3 Å². The fourth-order valence-corrected chi connectivity index (χ4v) is 2.35. The lowest BCUT2D eigenvalue weighted by Crippen LogP contribution is -2.47. The van der Waals surface area contributed by atoms with Crippen LogP contribution in [-0.2, 0) is 0 Å². The van der Waals surface area contributed by atoms with Crippen LogP contribution in [0.4, 0.5) is 0 Å². The second-order valence-corrected chi connectivity index (χ2v) is 5.63. The largest absolute Gasteiger partial charge is 0.395 e. The van der Waals surface area contributed by atoms with Crippen molar-refractivity contribution in [1.29, 1.82) is 0 Å². The van der Waals surface area contributed by atoms with E-state index in [1.54, 1.807) is 0 Å². The topological polar surface area (TPSA) is 32.3 Å². The Labute approximate surface area is 88.1 Å². The van der Waals surface area contributed by atoms with Gasteiger partial charge in [-0.3, -0.25) is 0 Å².